The summed E-state index contributed by atoms with van der Waals surface area (Å²) in [5.41, 5.74) is 2.06. The standard InChI is InChI=1S/C22H30N6O3S.2C2HF3O2/c1-17-13-21(28(24-17)18-5-3-2-4-6-18)26-9-7-25(8-10-26)19-14-20(23-15-19)22(29)27-11-12-32(30,31)16-27;2*3-2(4,5)1(6)7/h2-6,13,19-20,23H,7-12,14-16H2,1H3;2*(H,6,7)/t19-,20-;;/m0../s1. The van der Waals surface area contributed by atoms with Crippen molar-refractivity contribution in [3.05, 3.63) is 42.1 Å². The number of para-hydroxylation sites is 1. The minimum atomic E-state index is -5.08. The number of carboxylic acid groups (broad SMARTS) is 2. The van der Waals surface area contributed by atoms with Gasteiger partial charge in [0.1, 0.15) is 11.7 Å². The molecule has 0 bridgehead atoms. The first-order valence-electron chi connectivity index (χ1n) is 13.7. The van der Waals surface area contributed by atoms with Crippen LogP contribution < -0.4 is 10.2 Å². The van der Waals surface area contributed by atoms with Crippen molar-refractivity contribution in [2.24, 2.45) is 0 Å². The van der Waals surface area contributed by atoms with E-state index in [1.165, 1.54) is 4.90 Å². The van der Waals surface area contributed by atoms with E-state index in [1.807, 2.05) is 29.8 Å². The van der Waals surface area contributed by atoms with E-state index < -0.39 is 34.1 Å². The molecule has 0 unspecified atom stereocenters. The first-order valence-corrected chi connectivity index (χ1v) is 15.5. The van der Waals surface area contributed by atoms with E-state index in [1.54, 1.807) is 0 Å². The molecule has 1 aromatic carbocycles. The monoisotopic (exact) mass is 686 g/mol. The van der Waals surface area contributed by atoms with E-state index >= 15 is 0 Å². The number of anilines is 1. The van der Waals surface area contributed by atoms with Crippen LogP contribution in [0.1, 0.15) is 12.1 Å². The van der Waals surface area contributed by atoms with Crippen LogP contribution in [0.4, 0.5) is 32.2 Å². The third kappa shape index (κ3) is 10.0. The van der Waals surface area contributed by atoms with Crippen molar-refractivity contribution in [1.82, 2.24) is 24.9 Å². The number of hydrogen-bond donors (Lipinski definition) is 3. The number of benzene rings is 1. The van der Waals surface area contributed by atoms with Crippen molar-refractivity contribution in [3.63, 3.8) is 0 Å². The van der Waals surface area contributed by atoms with Crippen LogP contribution in [0.3, 0.4) is 0 Å². The summed E-state index contributed by atoms with van der Waals surface area (Å²) < 4.78 is 88.9. The summed E-state index contributed by atoms with van der Waals surface area (Å²) in [6.07, 6.45) is -9.43. The Hall–Kier alpha value is -3.91. The number of sulfone groups is 1. The van der Waals surface area contributed by atoms with Gasteiger partial charge in [0.15, 0.2) is 9.84 Å². The zero-order valence-electron chi connectivity index (χ0n) is 24.3. The Morgan fingerprint density at radius 3 is 1.93 bits per heavy atom. The molecule has 0 spiro atoms. The lowest BCUT2D eigenvalue weighted by atomic mass is 10.1. The number of alkyl halides is 6. The minimum absolute atomic E-state index is 0.0746. The second kappa shape index (κ2) is 14.7. The Morgan fingerprint density at radius 1 is 0.913 bits per heavy atom. The highest BCUT2D eigenvalue weighted by Gasteiger charge is 2.40. The number of carbonyl (C=O) groups is 3. The molecule has 13 nitrogen and oxygen atoms in total. The molecule has 5 rings (SSSR count). The smallest absolute Gasteiger partial charge is 0.475 e. The molecule has 2 aromatic rings. The summed E-state index contributed by atoms with van der Waals surface area (Å²) in [5.74, 6) is -4.53. The maximum absolute atomic E-state index is 12.7. The van der Waals surface area contributed by atoms with Crippen molar-refractivity contribution in [2.45, 2.75) is 37.8 Å². The molecule has 3 aliphatic heterocycles. The van der Waals surface area contributed by atoms with Crippen molar-refractivity contribution in [1.29, 1.82) is 0 Å². The summed E-state index contributed by atoms with van der Waals surface area (Å²) >= 11 is 0. The third-order valence-corrected chi connectivity index (χ3v) is 8.70. The predicted octanol–water partition coefficient (Wildman–Crippen LogP) is 1.51. The van der Waals surface area contributed by atoms with Gasteiger partial charge in [0, 0.05) is 51.4 Å². The fourth-order valence-corrected chi connectivity index (χ4v) is 6.34. The molecule has 3 N–H and O–H groups in total. The lowest BCUT2D eigenvalue weighted by Crippen LogP contribution is -2.51. The fourth-order valence-electron chi connectivity index (χ4n) is 4.98. The quantitative estimate of drug-likeness (QED) is 0.400. The lowest BCUT2D eigenvalue weighted by Gasteiger charge is -2.38. The number of aliphatic carboxylic acids is 2. The molecule has 20 heteroatoms. The highest BCUT2D eigenvalue weighted by Crippen LogP contribution is 2.25. The number of nitrogens with zero attached hydrogens (tertiary/aromatic N) is 5. The number of aryl methyl sites for hydroxylation is 1. The minimum Gasteiger partial charge on any atom is -0.475 e. The van der Waals surface area contributed by atoms with Gasteiger partial charge in [0.05, 0.1) is 23.2 Å². The lowest BCUT2D eigenvalue weighted by molar-refractivity contribution is -0.193. The van der Waals surface area contributed by atoms with Gasteiger partial charge in [-0.1, -0.05) is 18.2 Å². The molecule has 0 radical (unpaired) electrons. The van der Waals surface area contributed by atoms with Crippen LogP contribution in [-0.2, 0) is 24.2 Å². The zero-order valence-corrected chi connectivity index (χ0v) is 25.1. The number of carbonyl (C=O) groups excluding carboxylic acids is 1. The maximum Gasteiger partial charge on any atom is 0.490 e. The van der Waals surface area contributed by atoms with E-state index in [2.05, 4.69) is 33.3 Å². The van der Waals surface area contributed by atoms with Crippen LogP contribution in [0.15, 0.2) is 36.4 Å². The SMILES string of the molecule is Cc1cc(N2CCN([C@@H]3CN[C@H](C(=O)N4CCS(=O)(=O)C4)C3)CC2)n(-c2ccccc2)n1.O=C(O)C(F)(F)F.O=C(O)C(F)(F)F. The molecule has 46 heavy (non-hydrogen) atoms. The number of carboxylic acids is 2. The van der Waals surface area contributed by atoms with E-state index in [4.69, 9.17) is 24.9 Å². The van der Waals surface area contributed by atoms with Crippen LogP contribution in [0.2, 0.25) is 0 Å². The average Bonchev–Trinajstić information content (AvgIpc) is 3.71. The van der Waals surface area contributed by atoms with Crippen molar-refractivity contribution in [3.8, 4) is 5.69 Å². The van der Waals surface area contributed by atoms with Crippen molar-refractivity contribution in [2.75, 3.05) is 55.8 Å². The molecule has 1 aromatic heterocycles. The summed E-state index contributed by atoms with van der Waals surface area (Å²) in [6, 6.07) is 12.3. The van der Waals surface area contributed by atoms with Gasteiger partial charge in [-0.2, -0.15) is 31.4 Å². The van der Waals surface area contributed by atoms with E-state index in [-0.39, 0.29) is 23.6 Å². The summed E-state index contributed by atoms with van der Waals surface area (Å²) in [7, 11) is -3.10. The van der Waals surface area contributed by atoms with Gasteiger partial charge in [-0.15, -0.1) is 0 Å². The largest absolute Gasteiger partial charge is 0.490 e. The van der Waals surface area contributed by atoms with E-state index in [0.717, 1.165) is 56.3 Å². The topological polar surface area (TPSA) is 165 Å². The van der Waals surface area contributed by atoms with Crippen molar-refractivity contribution >= 4 is 33.5 Å². The second-order valence-corrected chi connectivity index (χ2v) is 12.7. The Balaban J connectivity index is 0.000000345. The van der Waals surface area contributed by atoms with E-state index in [9.17, 15) is 39.6 Å². The molecular formula is C26H32F6N6O7S. The molecule has 1 amide bonds. The number of piperazine rings is 1. The Labute approximate surface area is 259 Å². The Morgan fingerprint density at radius 2 is 1.46 bits per heavy atom. The average molecular weight is 687 g/mol. The van der Waals surface area contributed by atoms with Gasteiger partial charge in [-0.3, -0.25) is 9.69 Å². The second-order valence-electron chi connectivity index (χ2n) is 10.5. The van der Waals surface area contributed by atoms with Crippen LogP contribution in [-0.4, -0.2) is 131 Å². The van der Waals surface area contributed by atoms with Crippen LogP contribution in [0, 0.1) is 6.92 Å². The summed E-state index contributed by atoms with van der Waals surface area (Å²) in [6.45, 7) is 6.74. The number of hydrogen-bond acceptors (Lipinski definition) is 9. The number of halogens is 6. The number of rotatable bonds is 4. The first-order chi connectivity index (χ1) is 21.3. The van der Waals surface area contributed by atoms with Crippen molar-refractivity contribution < 1.29 is 59.4 Å². The maximum atomic E-state index is 12.7. The molecular weight excluding hydrogens is 654 g/mol. The predicted molar refractivity (Wildman–Crippen MR) is 150 cm³/mol. The zero-order chi connectivity index (χ0) is 34.4. The molecule has 4 heterocycles. The van der Waals surface area contributed by atoms with Crippen LogP contribution in [0.25, 0.3) is 5.69 Å². The van der Waals surface area contributed by atoms with Gasteiger partial charge < -0.3 is 25.3 Å². The molecule has 2 atom stereocenters. The molecule has 3 aliphatic rings. The molecule has 0 aliphatic carbocycles. The van der Waals surface area contributed by atoms with Gasteiger partial charge in [-0.05, 0) is 25.5 Å². The van der Waals surface area contributed by atoms with E-state index in [0.29, 0.717) is 12.6 Å². The fraction of sp³-hybridized carbons (Fsp3) is 0.538. The first kappa shape index (κ1) is 36.6. The Bertz CT molecular complexity index is 1450. The highest BCUT2D eigenvalue weighted by atomic mass is 32.2. The van der Waals surface area contributed by atoms with Gasteiger partial charge in [-0.25, -0.2) is 22.7 Å². The number of aromatic nitrogens is 2. The normalized spacial score (nSPS) is 21.5. The van der Waals surface area contributed by atoms with Gasteiger partial charge >= 0.3 is 24.3 Å². The third-order valence-electron chi connectivity index (χ3n) is 7.20. The molecule has 0 saturated carbocycles. The summed E-state index contributed by atoms with van der Waals surface area (Å²) in [4.78, 5) is 36.8. The number of nitrogens with one attached hydrogen (secondary N) is 1. The van der Waals surface area contributed by atoms with Gasteiger partial charge in [0.25, 0.3) is 0 Å². The Kier molecular flexibility index (Phi) is 11.7. The molecule has 3 fully saturated rings. The molecule has 256 valence electrons. The highest BCUT2D eigenvalue weighted by molar-refractivity contribution is 7.91. The van der Waals surface area contributed by atoms with Crippen LogP contribution >= 0.6 is 0 Å². The molecule has 3 saturated heterocycles. The number of amides is 1. The van der Waals surface area contributed by atoms with Crippen LogP contribution in [0.5, 0.6) is 0 Å². The van der Waals surface area contributed by atoms with Gasteiger partial charge in [0.2, 0.25) is 5.91 Å². The summed E-state index contributed by atoms with van der Waals surface area (Å²) in [5, 5.41) is 22.3.